The van der Waals surface area contributed by atoms with E-state index in [1.54, 1.807) is 5.82 Å². The van der Waals surface area contributed by atoms with Gasteiger partial charge in [-0.1, -0.05) is 136 Å². The molecule has 0 saturated heterocycles. The molecule has 0 fully saturated rings. The van der Waals surface area contributed by atoms with Gasteiger partial charge in [0.1, 0.15) is 12.4 Å². The number of imidazole rings is 1. The SMILES string of the molecule is CCCCCCCCCCCCCCCn1cc[n+](CCCCCCCCCCC)c1CCC. The zero-order chi connectivity index (χ0) is 24.5. The van der Waals surface area contributed by atoms with Crippen molar-refractivity contribution in [2.24, 2.45) is 0 Å². The largest absolute Gasteiger partial charge is 0.256 e. The van der Waals surface area contributed by atoms with Gasteiger partial charge in [-0.2, -0.15) is 0 Å². The van der Waals surface area contributed by atoms with Crippen LogP contribution in [0.4, 0.5) is 0 Å². The molecule has 1 aromatic heterocycles. The van der Waals surface area contributed by atoms with Crippen molar-refractivity contribution in [1.82, 2.24) is 4.57 Å². The van der Waals surface area contributed by atoms with E-state index in [1.165, 1.54) is 167 Å². The van der Waals surface area contributed by atoms with Crippen LogP contribution in [0, 0.1) is 0 Å². The Morgan fingerprint density at radius 3 is 1.35 bits per heavy atom. The average molecular weight is 476 g/mol. The summed E-state index contributed by atoms with van der Waals surface area (Å²) in [4.78, 5) is 0. The fraction of sp³-hybridized carbons (Fsp3) is 0.906. The molecule has 2 heteroatoms. The summed E-state index contributed by atoms with van der Waals surface area (Å²) in [6, 6.07) is 0. The molecule has 0 bridgehead atoms. The Morgan fingerprint density at radius 2 is 0.912 bits per heavy atom. The minimum atomic E-state index is 1.22. The first kappa shape index (κ1) is 31.2. The molecule has 200 valence electrons. The first-order valence-electron chi connectivity index (χ1n) is 15.9. The average Bonchev–Trinajstić information content (AvgIpc) is 3.22. The summed E-state index contributed by atoms with van der Waals surface area (Å²) >= 11 is 0. The van der Waals surface area contributed by atoms with E-state index in [-0.39, 0.29) is 0 Å². The molecule has 0 radical (unpaired) electrons. The van der Waals surface area contributed by atoms with Gasteiger partial charge in [0.05, 0.1) is 13.1 Å². The second-order valence-corrected chi connectivity index (χ2v) is 10.9. The first-order valence-corrected chi connectivity index (χ1v) is 15.9. The third kappa shape index (κ3) is 16.8. The van der Waals surface area contributed by atoms with Crippen LogP contribution in [-0.4, -0.2) is 4.57 Å². The highest BCUT2D eigenvalue weighted by Gasteiger charge is 2.15. The molecular formula is C32H63N2+. The van der Waals surface area contributed by atoms with E-state index < -0.39 is 0 Å². The Morgan fingerprint density at radius 1 is 0.500 bits per heavy atom. The quantitative estimate of drug-likeness (QED) is 0.0930. The lowest BCUT2D eigenvalue weighted by molar-refractivity contribution is -0.704. The Hall–Kier alpha value is -0.790. The van der Waals surface area contributed by atoms with Crippen molar-refractivity contribution in [1.29, 1.82) is 0 Å². The molecule has 0 atom stereocenters. The van der Waals surface area contributed by atoms with Crippen LogP contribution >= 0.6 is 0 Å². The maximum absolute atomic E-state index is 2.57. The fourth-order valence-corrected chi connectivity index (χ4v) is 5.31. The molecule has 0 aliphatic rings. The molecule has 1 heterocycles. The Balaban J connectivity index is 2.08. The topological polar surface area (TPSA) is 8.81 Å². The number of rotatable bonds is 26. The van der Waals surface area contributed by atoms with Crippen LogP contribution in [0.5, 0.6) is 0 Å². The molecule has 1 rings (SSSR count). The third-order valence-corrected chi connectivity index (χ3v) is 7.57. The number of nitrogens with zero attached hydrogens (tertiary/aromatic N) is 2. The monoisotopic (exact) mass is 475 g/mol. The maximum Gasteiger partial charge on any atom is 0.256 e. The Kier molecular flexibility index (Phi) is 22.0. The van der Waals surface area contributed by atoms with E-state index >= 15 is 0 Å². The third-order valence-electron chi connectivity index (χ3n) is 7.57. The molecule has 0 aliphatic carbocycles. The van der Waals surface area contributed by atoms with Gasteiger partial charge in [-0.3, -0.25) is 0 Å². The van der Waals surface area contributed by atoms with Crippen LogP contribution in [0.3, 0.4) is 0 Å². The van der Waals surface area contributed by atoms with Crippen molar-refractivity contribution in [2.45, 2.75) is 188 Å². The zero-order valence-corrected chi connectivity index (χ0v) is 23.9. The maximum atomic E-state index is 2.57. The van der Waals surface area contributed by atoms with Crippen LogP contribution in [0.1, 0.15) is 174 Å². The minimum Gasteiger partial charge on any atom is -0.234 e. The number of unbranched alkanes of at least 4 members (excludes halogenated alkanes) is 20. The van der Waals surface area contributed by atoms with Gasteiger partial charge >= 0.3 is 0 Å². The van der Waals surface area contributed by atoms with Gasteiger partial charge in [-0.05, 0) is 32.1 Å². The van der Waals surface area contributed by atoms with Gasteiger partial charge in [-0.15, -0.1) is 0 Å². The number of hydrogen-bond donors (Lipinski definition) is 0. The summed E-state index contributed by atoms with van der Waals surface area (Å²) in [7, 11) is 0. The van der Waals surface area contributed by atoms with Gasteiger partial charge in [0.25, 0.3) is 5.82 Å². The molecule has 0 aromatic carbocycles. The molecule has 0 spiro atoms. The molecule has 34 heavy (non-hydrogen) atoms. The van der Waals surface area contributed by atoms with Gasteiger partial charge in [0.2, 0.25) is 0 Å². The molecule has 0 amide bonds. The predicted octanol–water partition coefficient (Wildman–Crippen LogP) is 10.4. The van der Waals surface area contributed by atoms with Gasteiger partial charge < -0.3 is 0 Å². The molecule has 0 saturated carbocycles. The summed E-state index contributed by atoms with van der Waals surface area (Å²) in [6.07, 6.45) is 38.6. The minimum absolute atomic E-state index is 1.22. The lowest BCUT2D eigenvalue weighted by Crippen LogP contribution is -2.37. The highest BCUT2D eigenvalue weighted by Crippen LogP contribution is 2.14. The molecule has 0 aliphatic heterocycles. The lowest BCUT2D eigenvalue weighted by Gasteiger charge is -2.06. The number of hydrogen-bond acceptors (Lipinski definition) is 0. The Labute approximate surface area is 215 Å². The van der Waals surface area contributed by atoms with Gasteiger partial charge in [-0.25, -0.2) is 9.13 Å². The number of aryl methyl sites for hydroxylation is 2. The van der Waals surface area contributed by atoms with Crippen molar-refractivity contribution < 1.29 is 4.57 Å². The first-order chi connectivity index (χ1) is 16.8. The molecule has 0 N–H and O–H groups in total. The highest BCUT2D eigenvalue weighted by molar-refractivity contribution is 4.84. The smallest absolute Gasteiger partial charge is 0.234 e. The summed E-state index contributed by atoms with van der Waals surface area (Å²) in [5, 5.41) is 0. The van der Waals surface area contributed by atoms with Crippen molar-refractivity contribution in [3.05, 3.63) is 18.2 Å². The van der Waals surface area contributed by atoms with Gasteiger partial charge in [0.15, 0.2) is 0 Å². The van der Waals surface area contributed by atoms with Crippen molar-refractivity contribution in [3.8, 4) is 0 Å². The van der Waals surface area contributed by atoms with Crippen LogP contribution in [0.15, 0.2) is 12.4 Å². The second-order valence-electron chi connectivity index (χ2n) is 10.9. The standard InChI is InChI=1S/C32H63N2/c1-4-7-9-11-13-15-16-17-18-20-22-24-26-29-34-31-30-33(32(34)27-6-3)28-25-23-21-19-14-12-10-8-5-2/h30-31H,4-29H2,1-3H3/q+1. The Bertz CT molecular complexity index is 533. The summed E-state index contributed by atoms with van der Waals surface area (Å²) in [6.45, 7) is 9.37. The van der Waals surface area contributed by atoms with Crippen LogP contribution in [-0.2, 0) is 19.5 Å². The van der Waals surface area contributed by atoms with Crippen molar-refractivity contribution >= 4 is 0 Å². The normalized spacial score (nSPS) is 11.5. The summed E-state index contributed by atoms with van der Waals surface area (Å²) in [5.74, 6) is 1.57. The van der Waals surface area contributed by atoms with Crippen LogP contribution < -0.4 is 4.57 Å². The van der Waals surface area contributed by atoms with E-state index in [9.17, 15) is 0 Å². The zero-order valence-electron chi connectivity index (χ0n) is 23.9. The summed E-state index contributed by atoms with van der Waals surface area (Å²) < 4.78 is 5.13. The van der Waals surface area contributed by atoms with Gasteiger partial charge in [0, 0.05) is 6.42 Å². The summed E-state index contributed by atoms with van der Waals surface area (Å²) in [5.41, 5.74) is 0. The van der Waals surface area contributed by atoms with E-state index in [0.29, 0.717) is 0 Å². The van der Waals surface area contributed by atoms with E-state index in [1.807, 2.05) is 0 Å². The fourth-order valence-electron chi connectivity index (χ4n) is 5.31. The molecular weight excluding hydrogens is 412 g/mol. The van der Waals surface area contributed by atoms with Crippen LogP contribution in [0.25, 0.3) is 0 Å². The van der Waals surface area contributed by atoms with Crippen molar-refractivity contribution in [3.63, 3.8) is 0 Å². The second kappa shape index (κ2) is 23.9. The highest BCUT2D eigenvalue weighted by atomic mass is 15.1. The van der Waals surface area contributed by atoms with E-state index in [4.69, 9.17) is 0 Å². The van der Waals surface area contributed by atoms with Crippen molar-refractivity contribution in [2.75, 3.05) is 0 Å². The molecule has 1 aromatic rings. The van der Waals surface area contributed by atoms with Crippen LogP contribution in [0.2, 0.25) is 0 Å². The number of aromatic nitrogens is 2. The van der Waals surface area contributed by atoms with E-state index in [0.717, 1.165) is 0 Å². The van der Waals surface area contributed by atoms with E-state index in [2.05, 4.69) is 42.3 Å². The lowest BCUT2D eigenvalue weighted by atomic mass is 10.0. The predicted molar refractivity (Wildman–Crippen MR) is 152 cm³/mol. The molecule has 0 unspecified atom stereocenters. The molecule has 2 nitrogen and oxygen atoms in total.